The van der Waals surface area contributed by atoms with Crippen LogP contribution in [0.5, 0.6) is 0 Å². The molecule has 5 nitrogen and oxygen atoms in total. The Bertz CT molecular complexity index is 533. The van der Waals surface area contributed by atoms with Crippen molar-refractivity contribution in [2.24, 2.45) is 0 Å². The summed E-state index contributed by atoms with van der Waals surface area (Å²) < 4.78 is 40.7. The van der Waals surface area contributed by atoms with Crippen LogP contribution in [0.15, 0.2) is 0 Å². The van der Waals surface area contributed by atoms with Crippen molar-refractivity contribution in [3.8, 4) is 0 Å². The van der Waals surface area contributed by atoms with Gasteiger partial charge >= 0.3 is 6.18 Å². The average Bonchev–Trinajstić information content (AvgIpc) is 2.84. The molecule has 2 rings (SSSR count). The first kappa shape index (κ1) is 17.2. The molecule has 0 saturated carbocycles. The quantitative estimate of drug-likeness (QED) is 0.897. The number of anilines is 1. The zero-order valence-corrected chi connectivity index (χ0v) is 13.2. The van der Waals surface area contributed by atoms with Crippen LogP contribution in [0.3, 0.4) is 0 Å². The number of rotatable bonds is 5. The van der Waals surface area contributed by atoms with Crippen molar-refractivity contribution in [1.29, 1.82) is 0 Å². The molecule has 0 aromatic carbocycles. The fourth-order valence-electron chi connectivity index (χ4n) is 2.07. The Morgan fingerprint density at radius 3 is 2.91 bits per heavy atom. The van der Waals surface area contributed by atoms with E-state index in [1.54, 1.807) is 0 Å². The lowest BCUT2D eigenvalue weighted by Gasteiger charge is -2.23. The normalized spacial score (nSPS) is 17.1. The first-order chi connectivity index (χ1) is 10.3. The average molecular weight is 337 g/mol. The van der Waals surface area contributed by atoms with E-state index in [0.717, 1.165) is 36.6 Å². The molecule has 1 amide bonds. The largest absolute Gasteiger partial charge is 0.411 e. The number of hydrogen-bond acceptors (Lipinski definition) is 5. The van der Waals surface area contributed by atoms with E-state index in [2.05, 4.69) is 26.9 Å². The molecule has 0 bridgehead atoms. The topological polar surface area (TPSA) is 54.5 Å². The molecular formula is C13H18F3N3O2S. The second kappa shape index (κ2) is 6.93. The van der Waals surface area contributed by atoms with Crippen LogP contribution in [0.2, 0.25) is 0 Å². The number of nitrogens with one attached hydrogen (secondary N) is 1. The number of ether oxygens (including phenoxy) is 1. The molecule has 22 heavy (non-hydrogen) atoms. The van der Waals surface area contributed by atoms with Gasteiger partial charge in [-0.05, 0) is 13.5 Å². The van der Waals surface area contributed by atoms with E-state index in [1.165, 1.54) is 18.3 Å². The Morgan fingerprint density at radius 1 is 1.55 bits per heavy atom. The third-order valence-corrected chi connectivity index (χ3v) is 4.35. The highest BCUT2D eigenvalue weighted by atomic mass is 32.1. The van der Waals surface area contributed by atoms with Gasteiger partial charge in [0.1, 0.15) is 12.7 Å². The van der Waals surface area contributed by atoms with E-state index >= 15 is 0 Å². The van der Waals surface area contributed by atoms with Crippen molar-refractivity contribution in [3.05, 3.63) is 10.6 Å². The SMILES string of the molecule is CCN1CCc2nc(NC(=O)C(C)OCC(F)(F)F)sc2C1. The predicted molar refractivity (Wildman–Crippen MR) is 76.9 cm³/mol. The second-order valence-electron chi connectivity index (χ2n) is 5.07. The standard InChI is InChI=1S/C13H18F3N3O2S/c1-3-19-5-4-9-10(6-19)22-12(17-9)18-11(20)8(2)21-7-13(14,15)16/h8H,3-7H2,1-2H3,(H,17,18,20). The minimum Gasteiger partial charge on any atom is -0.359 e. The van der Waals surface area contributed by atoms with Gasteiger partial charge in [0, 0.05) is 24.4 Å². The maximum Gasteiger partial charge on any atom is 0.411 e. The summed E-state index contributed by atoms with van der Waals surface area (Å²) in [5.74, 6) is -0.623. The number of nitrogens with zero attached hydrogens (tertiary/aromatic N) is 2. The van der Waals surface area contributed by atoms with Crippen LogP contribution in [-0.2, 0) is 22.5 Å². The number of thiazole rings is 1. The van der Waals surface area contributed by atoms with Crippen LogP contribution >= 0.6 is 11.3 Å². The monoisotopic (exact) mass is 337 g/mol. The van der Waals surface area contributed by atoms with Crippen molar-refractivity contribution >= 4 is 22.4 Å². The van der Waals surface area contributed by atoms with Gasteiger partial charge in [0.2, 0.25) is 0 Å². The van der Waals surface area contributed by atoms with Crippen molar-refractivity contribution in [1.82, 2.24) is 9.88 Å². The number of carbonyl (C=O) groups is 1. The van der Waals surface area contributed by atoms with Gasteiger partial charge in [-0.25, -0.2) is 4.98 Å². The van der Waals surface area contributed by atoms with Crippen LogP contribution in [0.25, 0.3) is 0 Å². The Labute approximate surface area is 130 Å². The number of alkyl halides is 3. The van der Waals surface area contributed by atoms with E-state index in [1.807, 2.05) is 0 Å². The van der Waals surface area contributed by atoms with Gasteiger partial charge in [-0.1, -0.05) is 6.92 Å². The van der Waals surface area contributed by atoms with Crippen molar-refractivity contribution in [2.45, 2.75) is 39.1 Å². The number of aromatic nitrogens is 1. The fraction of sp³-hybridized carbons (Fsp3) is 0.692. The Balaban J connectivity index is 1.91. The molecule has 1 aliphatic heterocycles. The van der Waals surface area contributed by atoms with Gasteiger partial charge in [-0.3, -0.25) is 15.0 Å². The number of amides is 1. The summed E-state index contributed by atoms with van der Waals surface area (Å²) in [6, 6.07) is 0. The second-order valence-corrected chi connectivity index (χ2v) is 6.15. The summed E-state index contributed by atoms with van der Waals surface area (Å²) >= 11 is 1.36. The third-order valence-electron chi connectivity index (χ3n) is 3.35. The van der Waals surface area contributed by atoms with E-state index in [-0.39, 0.29) is 0 Å². The Kier molecular flexibility index (Phi) is 5.41. The summed E-state index contributed by atoms with van der Waals surface area (Å²) in [4.78, 5) is 19.5. The van der Waals surface area contributed by atoms with Crippen LogP contribution < -0.4 is 5.32 Å². The maximum absolute atomic E-state index is 12.1. The van der Waals surface area contributed by atoms with Crippen LogP contribution in [-0.4, -0.2) is 47.8 Å². The highest BCUT2D eigenvalue weighted by Gasteiger charge is 2.30. The lowest BCUT2D eigenvalue weighted by molar-refractivity contribution is -0.184. The molecule has 2 heterocycles. The molecule has 9 heteroatoms. The lowest BCUT2D eigenvalue weighted by atomic mass is 10.2. The molecule has 1 aliphatic rings. The summed E-state index contributed by atoms with van der Waals surface area (Å²) in [5, 5.41) is 2.94. The minimum absolute atomic E-state index is 0.412. The molecule has 0 radical (unpaired) electrons. The summed E-state index contributed by atoms with van der Waals surface area (Å²) in [6.45, 7) is 4.58. The van der Waals surface area contributed by atoms with Gasteiger partial charge < -0.3 is 4.74 Å². The molecule has 1 aromatic rings. The molecule has 0 fully saturated rings. The van der Waals surface area contributed by atoms with Crippen LogP contribution in [0.4, 0.5) is 18.3 Å². The maximum atomic E-state index is 12.1. The molecule has 0 aliphatic carbocycles. The van der Waals surface area contributed by atoms with Gasteiger partial charge in [0.15, 0.2) is 5.13 Å². The van der Waals surface area contributed by atoms with Crippen molar-refractivity contribution in [2.75, 3.05) is 25.0 Å². The molecule has 1 N–H and O–H groups in total. The highest BCUT2D eigenvalue weighted by Crippen LogP contribution is 2.28. The van der Waals surface area contributed by atoms with Gasteiger partial charge in [0.25, 0.3) is 5.91 Å². The lowest BCUT2D eigenvalue weighted by Crippen LogP contribution is -2.31. The Morgan fingerprint density at radius 2 is 2.27 bits per heavy atom. The smallest absolute Gasteiger partial charge is 0.359 e. The van der Waals surface area contributed by atoms with E-state index in [0.29, 0.717) is 5.13 Å². The molecule has 1 aromatic heterocycles. The number of likely N-dealkylation sites (N-methyl/N-ethyl adjacent to an activating group) is 1. The summed E-state index contributed by atoms with van der Waals surface area (Å²) in [6.07, 6.45) is -4.82. The molecule has 0 saturated heterocycles. The first-order valence-electron chi connectivity index (χ1n) is 6.98. The first-order valence-corrected chi connectivity index (χ1v) is 7.80. The zero-order valence-electron chi connectivity index (χ0n) is 12.4. The molecule has 0 spiro atoms. The number of hydrogen-bond donors (Lipinski definition) is 1. The zero-order chi connectivity index (χ0) is 16.3. The van der Waals surface area contributed by atoms with Crippen LogP contribution in [0.1, 0.15) is 24.4 Å². The fourth-order valence-corrected chi connectivity index (χ4v) is 3.13. The molecule has 124 valence electrons. The predicted octanol–water partition coefficient (Wildman–Crippen LogP) is 2.43. The summed E-state index contributed by atoms with van der Waals surface area (Å²) in [5.41, 5.74) is 0.953. The molecular weight excluding hydrogens is 319 g/mol. The van der Waals surface area contributed by atoms with E-state index in [4.69, 9.17) is 0 Å². The number of fused-ring (bicyclic) bond motifs is 1. The minimum atomic E-state index is -4.45. The highest BCUT2D eigenvalue weighted by molar-refractivity contribution is 7.15. The van der Waals surface area contributed by atoms with Crippen LogP contribution in [0, 0.1) is 0 Å². The van der Waals surface area contributed by atoms with Gasteiger partial charge in [-0.15, -0.1) is 11.3 Å². The van der Waals surface area contributed by atoms with E-state index < -0.39 is 24.8 Å². The van der Waals surface area contributed by atoms with Gasteiger partial charge in [-0.2, -0.15) is 13.2 Å². The van der Waals surface area contributed by atoms with E-state index in [9.17, 15) is 18.0 Å². The van der Waals surface area contributed by atoms with Crippen molar-refractivity contribution < 1.29 is 22.7 Å². The number of halogens is 3. The van der Waals surface area contributed by atoms with Gasteiger partial charge in [0.05, 0.1) is 5.69 Å². The van der Waals surface area contributed by atoms with Crippen molar-refractivity contribution in [3.63, 3.8) is 0 Å². The third kappa shape index (κ3) is 4.65. The molecule has 1 atom stereocenters. The Hall–Kier alpha value is -1.19. The molecule has 1 unspecified atom stereocenters. The number of carbonyl (C=O) groups excluding carboxylic acids is 1. The summed E-state index contributed by atoms with van der Waals surface area (Å²) in [7, 11) is 0.